The largest absolute Gasteiger partial charge is 0.481 e. The van der Waals surface area contributed by atoms with Gasteiger partial charge in [-0.1, -0.05) is 22.9 Å². The third-order valence-electron chi connectivity index (χ3n) is 5.60. The van der Waals surface area contributed by atoms with Crippen LogP contribution in [0.25, 0.3) is 11.6 Å². The Bertz CT molecular complexity index is 1060. The lowest BCUT2D eigenvalue weighted by atomic mass is 9.96. The molecule has 3 aromatic rings. The standard InChI is InChI=1S/C23H27N5O3/c1-14-5-6-20(15(2)11-14)30-17(4)23(29)28-9-7-18(8-10-28)21-26-22(31-27-21)19-13-24-16(3)12-25-19/h5-6,11-13,17-18H,7-10H2,1-4H3. The van der Waals surface area contributed by atoms with Crippen molar-refractivity contribution in [3.05, 3.63) is 53.2 Å². The number of ether oxygens (including phenoxy) is 1. The van der Waals surface area contributed by atoms with E-state index in [4.69, 9.17) is 9.26 Å². The zero-order chi connectivity index (χ0) is 22.0. The van der Waals surface area contributed by atoms with Gasteiger partial charge in [0.15, 0.2) is 11.9 Å². The highest BCUT2D eigenvalue weighted by Crippen LogP contribution is 2.28. The van der Waals surface area contributed by atoms with Crippen molar-refractivity contribution in [2.24, 2.45) is 0 Å². The molecule has 1 atom stereocenters. The summed E-state index contributed by atoms with van der Waals surface area (Å²) >= 11 is 0. The molecule has 1 unspecified atom stereocenters. The number of carbonyl (C=O) groups is 1. The fraction of sp³-hybridized carbons (Fsp3) is 0.435. The van der Waals surface area contributed by atoms with E-state index in [0.29, 0.717) is 30.5 Å². The molecule has 0 aliphatic carbocycles. The van der Waals surface area contributed by atoms with Crippen LogP contribution in [0.3, 0.4) is 0 Å². The predicted molar refractivity (Wildman–Crippen MR) is 115 cm³/mol. The van der Waals surface area contributed by atoms with Crippen LogP contribution in [-0.2, 0) is 4.79 Å². The Morgan fingerprint density at radius 3 is 2.61 bits per heavy atom. The molecule has 2 aromatic heterocycles. The molecule has 0 spiro atoms. The number of hydrogen-bond acceptors (Lipinski definition) is 7. The highest BCUT2D eigenvalue weighted by Gasteiger charge is 2.30. The van der Waals surface area contributed by atoms with Gasteiger partial charge in [-0.3, -0.25) is 9.78 Å². The Hall–Kier alpha value is -3.29. The zero-order valence-electron chi connectivity index (χ0n) is 18.3. The molecule has 31 heavy (non-hydrogen) atoms. The molecule has 1 saturated heterocycles. The Morgan fingerprint density at radius 2 is 1.94 bits per heavy atom. The lowest BCUT2D eigenvalue weighted by molar-refractivity contribution is -0.139. The number of carbonyl (C=O) groups excluding carboxylic acids is 1. The van der Waals surface area contributed by atoms with Crippen molar-refractivity contribution in [1.29, 1.82) is 0 Å². The summed E-state index contributed by atoms with van der Waals surface area (Å²) in [6.45, 7) is 8.99. The minimum absolute atomic E-state index is 0.00200. The van der Waals surface area contributed by atoms with Crippen molar-refractivity contribution in [1.82, 2.24) is 25.0 Å². The second kappa shape index (κ2) is 8.83. The van der Waals surface area contributed by atoms with Crippen molar-refractivity contribution in [3.63, 3.8) is 0 Å². The quantitative estimate of drug-likeness (QED) is 0.621. The molecule has 0 saturated carbocycles. The fourth-order valence-corrected chi connectivity index (χ4v) is 3.80. The summed E-state index contributed by atoms with van der Waals surface area (Å²) in [5.74, 6) is 1.93. The first kappa shape index (κ1) is 21.0. The summed E-state index contributed by atoms with van der Waals surface area (Å²) in [7, 11) is 0. The van der Waals surface area contributed by atoms with Crippen LogP contribution in [0.1, 0.15) is 48.3 Å². The highest BCUT2D eigenvalue weighted by molar-refractivity contribution is 5.81. The van der Waals surface area contributed by atoms with Crippen molar-refractivity contribution in [2.75, 3.05) is 13.1 Å². The lowest BCUT2D eigenvalue weighted by Crippen LogP contribution is -2.44. The molecule has 1 fully saturated rings. The van der Waals surface area contributed by atoms with E-state index in [1.54, 1.807) is 12.4 Å². The third kappa shape index (κ3) is 4.73. The minimum Gasteiger partial charge on any atom is -0.481 e. The van der Waals surface area contributed by atoms with Crippen LogP contribution in [0.15, 0.2) is 35.1 Å². The van der Waals surface area contributed by atoms with E-state index in [0.717, 1.165) is 29.8 Å². The summed E-state index contributed by atoms with van der Waals surface area (Å²) in [6, 6.07) is 5.97. The summed E-state index contributed by atoms with van der Waals surface area (Å²) in [5.41, 5.74) is 3.60. The van der Waals surface area contributed by atoms with Crippen molar-refractivity contribution >= 4 is 5.91 Å². The molecule has 0 N–H and O–H groups in total. The maximum Gasteiger partial charge on any atom is 0.278 e. The van der Waals surface area contributed by atoms with E-state index in [1.807, 2.05) is 44.7 Å². The number of rotatable bonds is 5. The van der Waals surface area contributed by atoms with Crippen LogP contribution in [-0.4, -0.2) is 50.1 Å². The maximum absolute atomic E-state index is 12.9. The van der Waals surface area contributed by atoms with Crippen LogP contribution in [0.2, 0.25) is 0 Å². The van der Waals surface area contributed by atoms with Gasteiger partial charge in [-0.15, -0.1) is 0 Å². The van der Waals surface area contributed by atoms with Crippen LogP contribution in [0.4, 0.5) is 0 Å². The third-order valence-corrected chi connectivity index (χ3v) is 5.60. The van der Waals surface area contributed by atoms with Crippen LogP contribution in [0, 0.1) is 20.8 Å². The minimum atomic E-state index is -0.533. The van der Waals surface area contributed by atoms with Gasteiger partial charge in [0.25, 0.3) is 11.8 Å². The second-order valence-corrected chi connectivity index (χ2v) is 8.13. The topological polar surface area (TPSA) is 94.2 Å². The molecule has 4 rings (SSSR count). The number of aromatic nitrogens is 4. The van der Waals surface area contributed by atoms with Gasteiger partial charge in [0.05, 0.1) is 11.9 Å². The Balaban J connectivity index is 1.34. The first-order valence-electron chi connectivity index (χ1n) is 10.6. The van der Waals surface area contributed by atoms with E-state index in [2.05, 4.69) is 26.2 Å². The molecule has 1 aliphatic rings. The first-order valence-corrected chi connectivity index (χ1v) is 10.6. The van der Waals surface area contributed by atoms with Crippen LogP contribution >= 0.6 is 0 Å². The molecular formula is C23H27N5O3. The number of piperidine rings is 1. The van der Waals surface area contributed by atoms with Gasteiger partial charge in [-0.25, -0.2) is 4.98 Å². The van der Waals surface area contributed by atoms with E-state index >= 15 is 0 Å². The van der Waals surface area contributed by atoms with Gasteiger partial charge < -0.3 is 14.2 Å². The SMILES string of the molecule is Cc1ccc(OC(C)C(=O)N2CCC(c3noc(-c4cnc(C)cn4)n3)CC2)c(C)c1. The average molecular weight is 422 g/mol. The number of amides is 1. The van der Waals surface area contributed by atoms with Gasteiger partial charge >= 0.3 is 0 Å². The molecule has 0 radical (unpaired) electrons. The molecular weight excluding hydrogens is 394 g/mol. The number of nitrogens with zero attached hydrogens (tertiary/aromatic N) is 5. The normalized spacial score (nSPS) is 15.7. The summed E-state index contributed by atoms with van der Waals surface area (Å²) < 4.78 is 11.3. The van der Waals surface area contributed by atoms with Crippen molar-refractivity contribution in [2.45, 2.75) is 52.6 Å². The first-order chi connectivity index (χ1) is 14.9. The van der Waals surface area contributed by atoms with E-state index < -0.39 is 6.10 Å². The van der Waals surface area contributed by atoms with Gasteiger partial charge in [0, 0.05) is 25.2 Å². The Labute approximate surface area is 181 Å². The highest BCUT2D eigenvalue weighted by atomic mass is 16.5. The lowest BCUT2D eigenvalue weighted by Gasteiger charge is -2.32. The summed E-state index contributed by atoms with van der Waals surface area (Å²) in [4.78, 5) is 27.7. The summed E-state index contributed by atoms with van der Waals surface area (Å²) in [5, 5.41) is 4.13. The molecule has 1 aromatic carbocycles. The average Bonchev–Trinajstić information content (AvgIpc) is 3.26. The van der Waals surface area contributed by atoms with Crippen LogP contribution < -0.4 is 4.74 Å². The van der Waals surface area contributed by atoms with Gasteiger partial charge in [-0.05, 0) is 52.2 Å². The van der Waals surface area contributed by atoms with E-state index in [-0.39, 0.29) is 11.8 Å². The molecule has 3 heterocycles. The predicted octanol–water partition coefficient (Wildman–Crippen LogP) is 3.63. The van der Waals surface area contributed by atoms with Gasteiger partial charge in [0.1, 0.15) is 11.4 Å². The van der Waals surface area contributed by atoms with E-state index in [1.165, 1.54) is 5.56 Å². The molecule has 0 bridgehead atoms. The molecule has 8 nitrogen and oxygen atoms in total. The number of aryl methyl sites for hydroxylation is 3. The van der Waals surface area contributed by atoms with Crippen molar-refractivity contribution in [3.8, 4) is 17.3 Å². The Morgan fingerprint density at radius 1 is 1.16 bits per heavy atom. The number of benzene rings is 1. The maximum atomic E-state index is 12.9. The molecule has 1 aliphatic heterocycles. The van der Waals surface area contributed by atoms with E-state index in [9.17, 15) is 4.79 Å². The number of hydrogen-bond donors (Lipinski definition) is 0. The zero-order valence-corrected chi connectivity index (χ0v) is 18.3. The summed E-state index contributed by atoms with van der Waals surface area (Å²) in [6.07, 6.45) is 4.33. The Kier molecular flexibility index (Phi) is 5.97. The molecule has 1 amide bonds. The van der Waals surface area contributed by atoms with Gasteiger partial charge in [-0.2, -0.15) is 4.98 Å². The fourth-order valence-electron chi connectivity index (χ4n) is 3.80. The second-order valence-electron chi connectivity index (χ2n) is 8.13. The smallest absolute Gasteiger partial charge is 0.278 e. The molecule has 8 heteroatoms. The molecule has 162 valence electrons. The van der Waals surface area contributed by atoms with Crippen LogP contribution in [0.5, 0.6) is 5.75 Å². The van der Waals surface area contributed by atoms with Gasteiger partial charge in [0.2, 0.25) is 0 Å². The monoisotopic (exact) mass is 421 g/mol. The van der Waals surface area contributed by atoms with Crippen molar-refractivity contribution < 1.29 is 14.1 Å². The number of likely N-dealkylation sites (tertiary alicyclic amines) is 1.